The maximum absolute atomic E-state index is 4.07. The van der Waals surface area contributed by atoms with Crippen LogP contribution < -0.4 is 10.6 Å². The van der Waals surface area contributed by atoms with Gasteiger partial charge in [-0.15, -0.1) is 0 Å². The molecule has 0 spiro atoms. The van der Waals surface area contributed by atoms with Crippen LogP contribution in [-0.2, 0) is 0 Å². The van der Waals surface area contributed by atoms with E-state index in [-0.39, 0.29) is 0 Å². The molecule has 24 heavy (non-hydrogen) atoms. The molecule has 0 atom stereocenters. The van der Waals surface area contributed by atoms with Crippen LogP contribution in [0.1, 0.15) is 31.9 Å². The van der Waals surface area contributed by atoms with E-state index < -0.39 is 0 Å². The summed E-state index contributed by atoms with van der Waals surface area (Å²) >= 11 is 0. The molecule has 0 unspecified atom stereocenters. The SMILES string of the molecule is C=Cc1c(/C=C\C)ccc2c1c(=C/C)/c(=C\C)n2-c1ccccc1. The molecule has 120 valence electrons. The normalized spacial score (nSPS) is 13.3. The Morgan fingerprint density at radius 1 is 0.917 bits per heavy atom. The molecule has 0 aliphatic carbocycles. The summed E-state index contributed by atoms with van der Waals surface area (Å²) in [5, 5.41) is 3.75. The van der Waals surface area contributed by atoms with E-state index in [1.807, 2.05) is 13.0 Å². The second-order valence-corrected chi connectivity index (χ2v) is 5.71. The molecule has 1 nitrogen and oxygen atoms in total. The van der Waals surface area contributed by atoms with Crippen molar-refractivity contribution in [2.24, 2.45) is 0 Å². The Labute approximate surface area is 143 Å². The van der Waals surface area contributed by atoms with Gasteiger partial charge in [-0.3, -0.25) is 0 Å². The smallest absolute Gasteiger partial charge is 0.0547 e. The number of hydrogen-bond donors (Lipinski definition) is 0. The molecule has 0 aliphatic heterocycles. The quantitative estimate of drug-likeness (QED) is 0.647. The molecule has 0 amide bonds. The fourth-order valence-corrected chi connectivity index (χ4v) is 3.45. The lowest BCUT2D eigenvalue weighted by Crippen LogP contribution is -2.27. The van der Waals surface area contributed by atoms with Gasteiger partial charge in [-0.05, 0) is 50.1 Å². The summed E-state index contributed by atoms with van der Waals surface area (Å²) in [6.07, 6.45) is 10.6. The highest BCUT2D eigenvalue weighted by atomic mass is 15.0. The number of fused-ring (bicyclic) bond motifs is 1. The lowest BCUT2D eigenvalue weighted by molar-refractivity contribution is 1.07. The Morgan fingerprint density at radius 3 is 2.25 bits per heavy atom. The monoisotopic (exact) mass is 313 g/mol. The number of hydrogen-bond acceptors (Lipinski definition) is 0. The van der Waals surface area contributed by atoms with Crippen molar-refractivity contribution >= 4 is 35.2 Å². The van der Waals surface area contributed by atoms with E-state index in [0.717, 1.165) is 0 Å². The van der Waals surface area contributed by atoms with Crippen molar-refractivity contribution in [2.45, 2.75) is 20.8 Å². The average Bonchev–Trinajstić information content (AvgIpc) is 2.96. The first-order chi connectivity index (χ1) is 11.8. The van der Waals surface area contributed by atoms with Crippen LogP contribution in [-0.4, -0.2) is 4.57 Å². The van der Waals surface area contributed by atoms with Gasteiger partial charge in [0.25, 0.3) is 0 Å². The van der Waals surface area contributed by atoms with Crippen molar-refractivity contribution < 1.29 is 0 Å². The zero-order chi connectivity index (χ0) is 17.1. The first kappa shape index (κ1) is 16.1. The fraction of sp³-hybridized carbons (Fsp3) is 0.130. The Balaban J connectivity index is 2.59. The Hall–Kier alpha value is -2.80. The molecule has 0 bridgehead atoms. The number of benzene rings is 2. The van der Waals surface area contributed by atoms with Crippen LogP contribution >= 0.6 is 0 Å². The van der Waals surface area contributed by atoms with Gasteiger partial charge in [0.05, 0.1) is 5.52 Å². The third kappa shape index (κ3) is 2.43. The maximum atomic E-state index is 4.07. The summed E-state index contributed by atoms with van der Waals surface area (Å²) in [5.74, 6) is 0. The fourth-order valence-electron chi connectivity index (χ4n) is 3.45. The van der Waals surface area contributed by atoms with Gasteiger partial charge in [0.2, 0.25) is 0 Å². The molecule has 3 aromatic rings. The van der Waals surface area contributed by atoms with Crippen molar-refractivity contribution in [1.82, 2.24) is 4.57 Å². The second-order valence-electron chi connectivity index (χ2n) is 5.71. The topological polar surface area (TPSA) is 4.93 Å². The summed E-state index contributed by atoms with van der Waals surface area (Å²) in [4.78, 5) is 0. The van der Waals surface area contributed by atoms with Gasteiger partial charge in [-0.25, -0.2) is 0 Å². The number of nitrogens with zero attached hydrogens (tertiary/aromatic N) is 1. The van der Waals surface area contributed by atoms with Gasteiger partial charge in [0, 0.05) is 21.6 Å². The van der Waals surface area contributed by atoms with Gasteiger partial charge in [-0.2, -0.15) is 0 Å². The summed E-state index contributed by atoms with van der Waals surface area (Å²) in [7, 11) is 0. The summed E-state index contributed by atoms with van der Waals surface area (Å²) in [6.45, 7) is 10.3. The molecule has 0 saturated heterocycles. The van der Waals surface area contributed by atoms with E-state index in [9.17, 15) is 0 Å². The van der Waals surface area contributed by atoms with Crippen LogP contribution in [0.25, 0.3) is 40.9 Å². The molecule has 0 N–H and O–H groups in total. The number of rotatable bonds is 3. The molecule has 0 radical (unpaired) electrons. The first-order valence-corrected chi connectivity index (χ1v) is 8.37. The lowest BCUT2D eigenvalue weighted by atomic mass is 10.0. The van der Waals surface area contributed by atoms with E-state index in [4.69, 9.17) is 0 Å². The lowest BCUT2D eigenvalue weighted by Gasteiger charge is -2.08. The van der Waals surface area contributed by atoms with Crippen molar-refractivity contribution in [2.75, 3.05) is 0 Å². The minimum Gasteiger partial charge on any atom is -0.310 e. The highest BCUT2D eigenvalue weighted by Gasteiger charge is 2.12. The third-order valence-corrected chi connectivity index (χ3v) is 4.41. The Bertz CT molecular complexity index is 1030. The van der Waals surface area contributed by atoms with Crippen molar-refractivity contribution in [3.05, 3.63) is 76.8 Å². The van der Waals surface area contributed by atoms with Crippen molar-refractivity contribution in [3.8, 4) is 5.69 Å². The van der Waals surface area contributed by atoms with Gasteiger partial charge in [0.1, 0.15) is 0 Å². The van der Waals surface area contributed by atoms with Crippen LogP contribution in [0.15, 0.2) is 55.1 Å². The van der Waals surface area contributed by atoms with Crippen molar-refractivity contribution in [3.63, 3.8) is 0 Å². The van der Waals surface area contributed by atoms with E-state index >= 15 is 0 Å². The molecule has 0 aliphatic rings. The van der Waals surface area contributed by atoms with Gasteiger partial charge >= 0.3 is 0 Å². The molecule has 3 rings (SSSR count). The largest absolute Gasteiger partial charge is 0.310 e. The minimum absolute atomic E-state index is 1.18. The first-order valence-electron chi connectivity index (χ1n) is 8.37. The maximum Gasteiger partial charge on any atom is 0.0547 e. The number of allylic oxidation sites excluding steroid dienone is 1. The molecule has 1 heteroatoms. The number of para-hydroxylation sites is 1. The van der Waals surface area contributed by atoms with Gasteiger partial charge in [-0.1, -0.05) is 61.2 Å². The molecular weight excluding hydrogens is 290 g/mol. The standard InChI is InChI=1S/C23H23N/c1-5-12-17-15-16-22-23(19(17)6-2)20(7-3)21(8-4)24(22)18-13-10-9-11-14-18/h5-16H,2H2,1,3-4H3/b12-5-,20-7+,21-8+. The number of aromatic nitrogens is 1. The molecule has 1 heterocycles. The third-order valence-electron chi connectivity index (χ3n) is 4.41. The average molecular weight is 313 g/mol. The Morgan fingerprint density at radius 2 is 1.67 bits per heavy atom. The molecule has 0 fully saturated rings. The summed E-state index contributed by atoms with van der Waals surface area (Å²) in [5.41, 5.74) is 4.79. The van der Waals surface area contributed by atoms with Crippen molar-refractivity contribution in [1.29, 1.82) is 0 Å². The van der Waals surface area contributed by atoms with E-state index in [1.54, 1.807) is 0 Å². The van der Waals surface area contributed by atoms with Crippen LogP contribution in [0.2, 0.25) is 0 Å². The van der Waals surface area contributed by atoms with Gasteiger partial charge < -0.3 is 4.57 Å². The predicted molar refractivity (Wildman–Crippen MR) is 108 cm³/mol. The summed E-state index contributed by atoms with van der Waals surface area (Å²) in [6, 6.07) is 14.9. The predicted octanol–water partition coefficient (Wildman–Crippen LogP) is 4.91. The van der Waals surface area contributed by atoms with Crippen LogP contribution in [0, 0.1) is 0 Å². The van der Waals surface area contributed by atoms with E-state index in [2.05, 4.69) is 91.8 Å². The van der Waals surface area contributed by atoms with E-state index in [0.29, 0.717) is 0 Å². The van der Waals surface area contributed by atoms with Crippen LogP contribution in [0.5, 0.6) is 0 Å². The Kier molecular flexibility index (Phi) is 4.52. The highest BCUT2D eigenvalue weighted by molar-refractivity contribution is 5.94. The minimum atomic E-state index is 1.18. The second kappa shape index (κ2) is 6.76. The molecular formula is C23H23N. The molecule has 1 aromatic heterocycles. The highest BCUT2D eigenvalue weighted by Crippen LogP contribution is 2.24. The molecule has 0 saturated carbocycles. The van der Waals surface area contributed by atoms with Crippen LogP contribution in [0.4, 0.5) is 0 Å². The van der Waals surface area contributed by atoms with Crippen LogP contribution in [0.3, 0.4) is 0 Å². The van der Waals surface area contributed by atoms with E-state index in [1.165, 1.54) is 38.3 Å². The zero-order valence-electron chi connectivity index (χ0n) is 14.6. The van der Waals surface area contributed by atoms with Gasteiger partial charge in [0.15, 0.2) is 0 Å². The molecule has 2 aromatic carbocycles. The summed E-state index contributed by atoms with van der Waals surface area (Å²) < 4.78 is 2.33. The zero-order valence-corrected chi connectivity index (χ0v) is 14.6.